The number of allylic oxidation sites excluding steroid dienone is 1. The number of piperidine rings is 1. The third-order valence-electron chi connectivity index (χ3n) is 7.19. The van der Waals surface area contributed by atoms with Crippen molar-refractivity contribution in [2.75, 3.05) is 37.3 Å². The first kappa shape index (κ1) is 32.9. The molecule has 0 aliphatic carbocycles. The molecule has 1 fully saturated rings. The number of hydrogen-bond acceptors (Lipinski definition) is 10. The van der Waals surface area contributed by atoms with E-state index in [2.05, 4.69) is 48.2 Å². The highest BCUT2D eigenvalue weighted by atomic mass is 32.1. The molecular weight excluding hydrogens is 579 g/mol. The number of pyridine rings is 1. The molecule has 11 nitrogen and oxygen atoms in total. The Hall–Kier alpha value is -3.97. The van der Waals surface area contributed by atoms with Crippen LogP contribution in [0.2, 0.25) is 0 Å². The van der Waals surface area contributed by atoms with E-state index < -0.39 is 5.95 Å². The zero-order valence-electron chi connectivity index (χ0n) is 26.3. The van der Waals surface area contributed by atoms with Crippen LogP contribution >= 0.6 is 11.5 Å². The Bertz CT molecular complexity index is 1510. The number of carbonyl (C=O) groups excluding carboxylic acids is 1. The average Bonchev–Trinajstić information content (AvgIpc) is 3.43. The summed E-state index contributed by atoms with van der Waals surface area (Å²) in [4.78, 5) is 29.1. The molecule has 2 N–H and O–H groups in total. The van der Waals surface area contributed by atoms with Gasteiger partial charge in [0.15, 0.2) is 11.3 Å². The van der Waals surface area contributed by atoms with Gasteiger partial charge in [0.1, 0.15) is 6.54 Å². The van der Waals surface area contributed by atoms with Gasteiger partial charge < -0.3 is 15.2 Å². The number of aromatic nitrogens is 4. The van der Waals surface area contributed by atoms with Crippen molar-refractivity contribution < 1.29 is 9.18 Å². The zero-order valence-corrected chi connectivity index (χ0v) is 27.1. The highest BCUT2D eigenvalue weighted by molar-refractivity contribution is 7.05. The summed E-state index contributed by atoms with van der Waals surface area (Å²) in [5, 5.41) is 12.1. The summed E-state index contributed by atoms with van der Waals surface area (Å²) in [5.74, 6) is 0.595. The van der Waals surface area contributed by atoms with Gasteiger partial charge in [-0.3, -0.25) is 19.7 Å². The SMILES string of the molecule is C/C=N\N(/C=C(\C)CCn1cc(C)nc(NCc2cc(CN3CCCC(C)C3)ns2)c1=NC)CC(=O)Nc1ccc(F)nc1. The molecule has 4 rings (SSSR count). The number of rotatable bonds is 13. The van der Waals surface area contributed by atoms with Crippen LogP contribution in [0.25, 0.3) is 0 Å². The van der Waals surface area contributed by atoms with Crippen LogP contribution < -0.4 is 16.1 Å². The van der Waals surface area contributed by atoms with Crippen LogP contribution in [0.15, 0.2) is 52.5 Å². The number of nitrogens with zero attached hydrogens (tertiary/aromatic N) is 8. The van der Waals surface area contributed by atoms with E-state index >= 15 is 0 Å². The highest BCUT2D eigenvalue weighted by Gasteiger charge is 2.17. The van der Waals surface area contributed by atoms with E-state index in [-0.39, 0.29) is 12.5 Å². The molecule has 3 aromatic rings. The Kier molecular flexibility index (Phi) is 12.1. The summed E-state index contributed by atoms with van der Waals surface area (Å²) >= 11 is 1.53. The Morgan fingerprint density at radius 2 is 2.18 bits per heavy atom. The third kappa shape index (κ3) is 10.1. The van der Waals surface area contributed by atoms with E-state index in [4.69, 9.17) is 9.36 Å². The lowest BCUT2D eigenvalue weighted by Gasteiger charge is -2.30. The predicted octanol–water partition coefficient (Wildman–Crippen LogP) is 4.80. The fourth-order valence-corrected chi connectivity index (χ4v) is 5.90. The van der Waals surface area contributed by atoms with E-state index in [1.165, 1.54) is 42.7 Å². The van der Waals surface area contributed by atoms with E-state index in [0.29, 0.717) is 25.2 Å². The molecule has 236 valence electrons. The third-order valence-corrected chi connectivity index (χ3v) is 8.01. The molecule has 3 aromatic heterocycles. The number of likely N-dealkylation sites (tertiary alicyclic amines) is 1. The van der Waals surface area contributed by atoms with Gasteiger partial charge in [0.2, 0.25) is 11.9 Å². The molecule has 1 atom stereocenters. The van der Waals surface area contributed by atoms with Crippen LogP contribution in [-0.2, 0) is 24.4 Å². The van der Waals surface area contributed by atoms with Gasteiger partial charge in [-0.2, -0.15) is 13.9 Å². The van der Waals surface area contributed by atoms with E-state index in [1.54, 1.807) is 25.2 Å². The van der Waals surface area contributed by atoms with Crippen molar-refractivity contribution in [2.24, 2.45) is 16.0 Å². The molecule has 1 aliphatic heterocycles. The molecule has 13 heteroatoms. The number of halogens is 1. The molecule has 1 aliphatic rings. The molecule has 0 bridgehead atoms. The maximum atomic E-state index is 13.1. The normalized spacial score (nSPS) is 16.5. The summed E-state index contributed by atoms with van der Waals surface area (Å²) < 4.78 is 19.9. The number of carbonyl (C=O) groups is 1. The number of hydrogen-bond donors (Lipinski definition) is 2. The van der Waals surface area contributed by atoms with Gasteiger partial charge >= 0.3 is 0 Å². The molecule has 0 spiro atoms. The van der Waals surface area contributed by atoms with Gasteiger partial charge in [0.05, 0.1) is 29.8 Å². The lowest BCUT2D eigenvalue weighted by atomic mass is 10.0. The standard InChI is InChI=1S/C31H43FN10OS/c1-6-36-42(21-29(43)38-25-9-10-28(32)34-15-25)18-23(3)11-13-41-19-24(4)37-30(31(41)33-5)35-16-27-14-26(39-44-27)20-40-12-7-8-22(2)17-40/h6,9-10,14-15,18-19,22H,7-8,11-13,16-17,20-21H2,1-5H3,(H,35,37)(H,38,43)/b23-18+,33-31?,36-6-. The molecule has 1 amide bonds. The van der Waals surface area contributed by atoms with Gasteiger partial charge in [-0.1, -0.05) is 12.5 Å². The summed E-state index contributed by atoms with van der Waals surface area (Å²) in [5.41, 5.74) is 4.24. The Morgan fingerprint density at radius 3 is 2.91 bits per heavy atom. The van der Waals surface area contributed by atoms with Crippen molar-refractivity contribution in [1.82, 2.24) is 28.8 Å². The van der Waals surface area contributed by atoms with E-state index in [9.17, 15) is 9.18 Å². The Labute approximate surface area is 262 Å². The molecular formula is C31H43FN10OS. The van der Waals surface area contributed by atoms with Crippen LogP contribution in [0, 0.1) is 18.8 Å². The molecule has 4 heterocycles. The fraction of sp³-hybridized carbons (Fsp3) is 0.484. The second kappa shape index (κ2) is 16.2. The second-order valence-electron chi connectivity index (χ2n) is 11.2. The van der Waals surface area contributed by atoms with Gasteiger partial charge in [-0.25, -0.2) is 9.97 Å². The molecule has 1 saturated heterocycles. The summed E-state index contributed by atoms with van der Waals surface area (Å²) in [6.45, 7) is 12.6. The van der Waals surface area contributed by atoms with Gasteiger partial charge in [-0.05, 0) is 82.2 Å². The van der Waals surface area contributed by atoms with Crippen LogP contribution in [0.3, 0.4) is 0 Å². The number of nitrogens with one attached hydrogen (secondary N) is 2. The summed E-state index contributed by atoms with van der Waals surface area (Å²) in [7, 11) is 1.77. The van der Waals surface area contributed by atoms with Crippen molar-refractivity contribution in [1.29, 1.82) is 0 Å². The zero-order chi connectivity index (χ0) is 31.5. The van der Waals surface area contributed by atoms with E-state index in [1.807, 2.05) is 26.2 Å². The van der Waals surface area contributed by atoms with Crippen molar-refractivity contribution in [3.8, 4) is 0 Å². The minimum absolute atomic E-state index is 0.000616. The summed E-state index contributed by atoms with van der Waals surface area (Å²) in [6, 6.07) is 4.86. The van der Waals surface area contributed by atoms with Crippen molar-refractivity contribution in [3.63, 3.8) is 0 Å². The van der Waals surface area contributed by atoms with Gasteiger partial charge in [-0.15, -0.1) is 0 Å². The Morgan fingerprint density at radius 1 is 1.34 bits per heavy atom. The highest BCUT2D eigenvalue weighted by Crippen LogP contribution is 2.19. The van der Waals surface area contributed by atoms with Crippen LogP contribution in [0.1, 0.15) is 56.3 Å². The number of anilines is 2. The molecule has 0 radical (unpaired) electrons. The minimum atomic E-state index is -0.602. The van der Waals surface area contributed by atoms with Crippen LogP contribution in [0.4, 0.5) is 15.9 Å². The van der Waals surface area contributed by atoms with Crippen LogP contribution in [-0.4, -0.2) is 67.6 Å². The molecule has 44 heavy (non-hydrogen) atoms. The quantitative estimate of drug-likeness (QED) is 0.160. The smallest absolute Gasteiger partial charge is 0.246 e. The van der Waals surface area contributed by atoms with Crippen molar-refractivity contribution in [2.45, 2.75) is 66.6 Å². The van der Waals surface area contributed by atoms with Crippen molar-refractivity contribution in [3.05, 3.63) is 70.1 Å². The lowest BCUT2D eigenvalue weighted by molar-refractivity contribution is -0.116. The van der Waals surface area contributed by atoms with Gasteiger partial charge in [0, 0.05) is 50.2 Å². The second-order valence-corrected chi connectivity index (χ2v) is 12.1. The fourth-order valence-electron chi connectivity index (χ4n) is 5.23. The number of aryl methyl sites for hydroxylation is 2. The largest absolute Gasteiger partial charge is 0.362 e. The maximum absolute atomic E-state index is 13.1. The molecule has 0 aromatic carbocycles. The number of hydrazone groups is 1. The number of amides is 1. The molecule has 1 unspecified atom stereocenters. The first-order chi connectivity index (χ1) is 21.2. The first-order valence-corrected chi connectivity index (χ1v) is 15.7. The Balaban J connectivity index is 1.36. The predicted molar refractivity (Wildman–Crippen MR) is 174 cm³/mol. The minimum Gasteiger partial charge on any atom is -0.362 e. The topological polar surface area (TPSA) is 116 Å². The van der Waals surface area contributed by atoms with Gasteiger partial charge in [0.25, 0.3) is 0 Å². The lowest BCUT2D eigenvalue weighted by Crippen LogP contribution is -2.33. The maximum Gasteiger partial charge on any atom is 0.246 e. The van der Waals surface area contributed by atoms with Crippen molar-refractivity contribution >= 4 is 35.2 Å². The average molecular weight is 623 g/mol. The first-order valence-electron chi connectivity index (χ1n) is 15.0. The monoisotopic (exact) mass is 622 g/mol. The van der Waals surface area contributed by atoms with Crippen LogP contribution in [0.5, 0.6) is 0 Å². The molecule has 0 saturated carbocycles. The van der Waals surface area contributed by atoms with E-state index in [0.717, 1.165) is 58.7 Å². The summed E-state index contributed by atoms with van der Waals surface area (Å²) in [6.07, 6.45) is 10.0.